The lowest BCUT2D eigenvalue weighted by molar-refractivity contribution is 0.0705. The van der Waals surface area contributed by atoms with Crippen LogP contribution in [-0.2, 0) is 0 Å². The van der Waals surface area contributed by atoms with Crippen LogP contribution in [0.3, 0.4) is 0 Å². The second-order valence-corrected chi connectivity index (χ2v) is 7.16. The van der Waals surface area contributed by atoms with E-state index in [1.54, 1.807) is 19.5 Å². The zero-order valence-corrected chi connectivity index (χ0v) is 16.2. The fraction of sp³-hybridized carbons (Fsp3) is 0.261. The van der Waals surface area contributed by atoms with Crippen molar-refractivity contribution >= 4 is 5.91 Å². The zero-order valence-electron chi connectivity index (χ0n) is 16.2. The number of halogens is 1. The quantitative estimate of drug-likeness (QED) is 0.665. The number of hydrogen-bond acceptors (Lipinski definition) is 4. The van der Waals surface area contributed by atoms with Crippen molar-refractivity contribution in [3.05, 3.63) is 78.0 Å². The number of piperidine rings is 1. The maximum atomic E-state index is 13.2. The lowest BCUT2D eigenvalue weighted by Gasteiger charge is -2.32. The molecule has 0 saturated carbocycles. The Morgan fingerprint density at radius 1 is 1.17 bits per heavy atom. The van der Waals surface area contributed by atoms with Gasteiger partial charge in [0.15, 0.2) is 0 Å². The largest absolute Gasteiger partial charge is 0.497 e. The monoisotopic (exact) mass is 391 g/mol. The molecule has 1 saturated heterocycles. The number of ether oxygens (including phenoxy) is 1. The van der Waals surface area contributed by atoms with Crippen LogP contribution >= 0.6 is 0 Å². The molecule has 1 fully saturated rings. The van der Waals surface area contributed by atoms with Gasteiger partial charge in [0, 0.05) is 36.3 Å². The molecule has 148 valence electrons. The number of methoxy groups -OCH3 is 1. The molecule has 1 atom stereocenters. The Kier molecular flexibility index (Phi) is 5.51. The number of likely N-dealkylation sites (tertiary alicyclic amines) is 1. The van der Waals surface area contributed by atoms with Crippen molar-refractivity contribution in [1.82, 2.24) is 14.9 Å². The molecule has 29 heavy (non-hydrogen) atoms. The molecule has 1 aliphatic rings. The van der Waals surface area contributed by atoms with E-state index in [0.29, 0.717) is 18.7 Å². The fourth-order valence-corrected chi connectivity index (χ4v) is 3.68. The van der Waals surface area contributed by atoms with Crippen LogP contribution in [0, 0.1) is 5.82 Å². The van der Waals surface area contributed by atoms with Crippen LogP contribution in [0.25, 0.3) is 11.3 Å². The molecule has 2 heterocycles. The summed E-state index contributed by atoms with van der Waals surface area (Å²) in [6.07, 6.45) is 5.36. The van der Waals surface area contributed by atoms with Crippen LogP contribution in [0.1, 0.15) is 34.8 Å². The Hall–Kier alpha value is -3.28. The van der Waals surface area contributed by atoms with E-state index in [1.807, 2.05) is 29.2 Å². The lowest BCUT2D eigenvalue weighted by Crippen LogP contribution is -2.39. The third-order valence-electron chi connectivity index (χ3n) is 5.24. The minimum atomic E-state index is -0.345. The topological polar surface area (TPSA) is 55.3 Å². The van der Waals surface area contributed by atoms with Gasteiger partial charge in [0.1, 0.15) is 11.6 Å². The van der Waals surface area contributed by atoms with Gasteiger partial charge >= 0.3 is 0 Å². The second-order valence-electron chi connectivity index (χ2n) is 7.16. The lowest BCUT2D eigenvalue weighted by atomic mass is 9.94. The van der Waals surface area contributed by atoms with Crippen LogP contribution in [0.15, 0.2) is 60.9 Å². The Morgan fingerprint density at radius 2 is 2.00 bits per heavy atom. The molecule has 0 radical (unpaired) electrons. The molecule has 3 aromatic rings. The SMILES string of the molecule is COc1cccc(-c2cncc(C3CCCN(C(=O)c4ccc(F)cc4)C3)n2)c1. The molecule has 6 heteroatoms. The Bertz CT molecular complexity index is 1010. The summed E-state index contributed by atoms with van der Waals surface area (Å²) in [6.45, 7) is 1.27. The van der Waals surface area contributed by atoms with Crippen LogP contribution in [-0.4, -0.2) is 41.0 Å². The fourth-order valence-electron chi connectivity index (χ4n) is 3.68. The molecule has 2 aromatic carbocycles. The van der Waals surface area contributed by atoms with E-state index >= 15 is 0 Å². The summed E-state index contributed by atoms with van der Waals surface area (Å²) < 4.78 is 18.5. The smallest absolute Gasteiger partial charge is 0.253 e. The Labute approximate surface area is 169 Å². The molecule has 0 N–H and O–H groups in total. The number of nitrogens with zero attached hydrogens (tertiary/aromatic N) is 3. The summed E-state index contributed by atoms with van der Waals surface area (Å²) in [5, 5.41) is 0. The number of rotatable bonds is 4. The van der Waals surface area contributed by atoms with E-state index in [0.717, 1.165) is 35.5 Å². The Morgan fingerprint density at radius 3 is 2.79 bits per heavy atom. The molecule has 0 bridgehead atoms. The molecule has 0 spiro atoms. The molecule has 1 aliphatic heterocycles. The van der Waals surface area contributed by atoms with Gasteiger partial charge in [-0.25, -0.2) is 9.37 Å². The number of carbonyl (C=O) groups is 1. The van der Waals surface area contributed by atoms with Crippen molar-refractivity contribution in [2.75, 3.05) is 20.2 Å². The highest BCUT2D eigenvalue weighted by Crippen LogP contribution is 2.28. The van der Waals surface area contributed by atoms with Gasteiger partial charge in [0.2, 0.25) is 0 Å². The molecular formula is C23H22FN3O2. The van der Waals surface area contributed by atoms with Crippen molar-refractivity contribution in [2.24, 2.45) is 0 Å². The average Bonchev–Trinajstić information content (AvgIpc) is 2.79. The van der Waals surface area contributed by atoms with Crippen molar-refractivity contribution < 1.29 is 13.9 Å². The van der Waals surface area contributed by atoms with Crippen molar-refractivity contribution in [1.29, 1.82) is 0 Å². The second kappa shape index (κ2) is 8.39. The predicted molar refractivity (Wildman–Crippen MR) is 108 cm³/mol. The molecule has 1 amide bonds. The van der Waals surface area contributed by atoms with Crippen LogP contribution in [0.5, 0.6) is 5.75 Å². The van der Waals surface area contributed by atoms with Gasteiger partial charge in [-0.15, -0.1) is 0 Å². The van der Waals surface area contributed by atoms with Crippen LogP contribution in [0.4, 0.5) is 4.39 Å². The van der Waals surface area contributed by atoms with E-state index in [9.17, 15) is 9.18 Å². The van der Waals surface area contributed by atoms with E-state index in [-0.39, 0.29) is 17.6 Å². The average molecular weight is 391 g/mol. The third-order valence-corrected chi connectivity index (χ3v) is 5.24. The summed E-state index contributed by atoms with van der Waals surface area (Å²) in [5.41, 5.74) is 3.10. The standard InChI is InChI=1S/C23H22FN3O2/c1-29-20-6-2-4-17(12-20)21-13-25-14-22(26-21)18-5-3-11-27(15-18)23(28)16-7-9-19(24)10-8-16/h2,4,6-10,12-14,18H,3,5,11,15H2,1H3. The van der Waals surface area contributed by atoms with Crippen LogP contribution in [0.2, 0.25) is 0 Å². The summed E-state index contributed by atoms with van der Waals surface area (Å²) in [4.78, 5) is 23.8. The van der Waals surface area contributed by atoms with Gasteiger partial charge in [-0.05, 0) is 49.2 Å². The number of amides is 1. The Balaban J connectivity index is 1.54. The van der Waals surface area contributed by atoms with Gasteiger partial charge in [-0.2, -0.15) is 0 Å². The highest BCUT2D eigenvalue weighted by molar-refractivity contribution is 5.94. The minimum absolute atomic E-state index is 0.0772. The molecule has 1 unspecified atom stereocenters. The molecule has 5 nitrogen and oxygen atoms in total. The van der Waals surface area contributed by atoms with Crippen molar-refractivity contribution in [2.45, 2.75) is 18.8 Å². The van der Waals surface area contributed by atoms with E-state index < -0.39 is 0 Å². The van der Waals surface area contributed by atoms with E-state index in [4.69, 9.17) is 9.72 Å². The first kappa shape index (κ1) is 19.1. The summed E-state index contributed by atoms with van der Waals surface area (Å²) in [5.74, 6) is 0.462. The summed E-state index contributed by atoms with van der Waals surface area (Å²) >= 11 is 0. The first-order valence-electron chi connectivity index (χ1n) is 9.65. The molecular weight excluding hydrogens is 369 g/mol. The normalized spacial score (nSPS) is 16.5. The first-order chi connectivity index (χ1) is 14.1. The maximum Gasteiger partial charge on any atom is 0.253 e. The molecule has 0 aliphatic carbocycles. The van der Waals surface area contributed by atoms with E-state index in [2.05, 4.69) is 4.98 Å². The van der Waals surface area contributed by atoms with Crippen molar-refractivity contribution in [3.63, 3.8) is 0 Å². The van der Waals surface area contributed by atoms with Gasteiger partial charge in [0.05, 0.1) is 24.7 Å². The number of carbonyl (C=O) groups excluding carboxylic acids is 1. The number of hydrogen-bond donors (Lipinski definition) is 0. The predicted octanol–water partition coefficient (Wildman–Crippen LogP) is 4.31. The number of aromatic nitrogens is 2. The highest BCUT2D eigenvalue weighted by Gasteiger charge is 2.26. The van der Waals surface area contributed by atoms with Gasteiger partial charge in [-0.1, -0.05) is 12.1 Å². The first-order valence-corrected chi connectivity index (χ1v) is 9.65. The van der Waals surface area contributed by atoms with Crippen molar-refractivity contribution in [3.8, 4) is 17.0 Å². The highest BCUT2D eigenvalue weighted by atomic mass is 19.1. The summed E-state index contributed by atoms with van der Waals surface area (Å²) in [7, 11) is 1.63. The van der Waals surface area contributed by atoms with E-state index in [1.165, 1.54) is 24.3 Å². The maximum absolute atomic E-state index is 13.2. The molecule has 1 aromatic heterocycles. The minimum Gasteiger partial charge on any atom is -0.497 e. The van der Waals surface area contributed by atoms with Gasteiger partial charge in [0.25, 0.3) is 5.91 Å². The zero-order chi connectivity index (χ0) is 20.2. The summed E-state index contributed by atoms with van der Waals surface area (Å²) in [6, 6.07) is 13.4. The van der Waals surface area contributed by atoms with Crippen LogP contribution < -0.4 is 4.74 Å². The van der Waals surface area contributed by atoms with Gasteiger partial charge in [-0.3, -0.25) is 9.78 Å². The van der Waals surface area contributed by atoms with Gasteiger partial charge < -0.3 is 9.64 Å². The number of benzene rings is 2. The third kappa shape index (κ3) is 4.26. The molecule has 4 rings (SSSR count).